The van der Waals surface area contributed by atoms with E-state index in [0.29, 0.717) is 4.90 Å². The van der Waals surface area contributed by atoms with Gasteiger partial charge >= 0.3 is 12.3 Å². The van der Waals surface area contributed by atoms with E-state index in [2.05, 4.69) is 6.58 Å². The maximum atomic E-state index is 12.5. The summed E-state index contributed by atoms with van der Waals surface area (Å²) in [5.74, 6) is -4.96. The van der Waals surface area contributed by atoms with Crippen molar-refractivity contribution in [3.8, 4) is 0 Å². The van der Waals surface area contributed by atoms with Crippen LogP contribution in [-0.2, 0) is 4.79 Å². The first-order valence-corrected chi connectivity index (χ1v) is 3.92. The first-order chi connectivity index (χ1) is 6.35. The zero-order valence-corrected chi connectivity index (χ0v) is 7.64. The van der Waals surface area contributed by atoms with E-state index in [1.807, 2.05) is 0 Å². The lowest BCUT2D eigenvalue weighted by Crippen LogP contribution is -2.43. The number of carbonyl (C=O) groups is 1. The number of amides is 1. The van der Waals surface area contributed by atoms with Gasteiger partial charge in [0.05, 0.1) is 6.54 Å². The first kappa shape index (κ1) is 12.9. The van der Waals surface area contributed by atoms with Crippen molar-refractivity contribution in [1.82, 2.24) is 4.90 Å². The molecule has 0 N–H and O–H groups in total. The molecule has 0 atom stereocenters. The highest BCUT2D eigenvalue weighted by Gasteiger charge is 2.42. The molecule has 2 nitrogen and oxygen atoms in total. The van der Waals surface area contributed by atoms with Gasteiger partial charge in [-0.3, -0.25) is 4.79 Å². The van der Waals surface area contributed by atoms with Gasteiger partial charge in [-0.15, -0.1) is 0 Å². The summed E-state index contributed by atoms with van der Waals surface area (Å²) in [6.45, 7) is 3.15. The molecule has 14 heavy (non-hydrogen) atoms. The van der Waals surface area contributed by atoms with Crippen LogP contribution in [0.2, 0.25) is 0 Å². The molecule has 0 fully saturated rings. The van der Waals surface area contributed by atoms with E-state index in [9.17, 15) is 22.4 Å². The highest BCUT2D eigenvalue weighted by atomic mass is 19.3. The monoisotopic (exact) mass is 213 g/mol. The molecule has 1 amide bonds. The third-order valence-electron chi connectivity index (χ3n) is 1.59. The number of hydrogen-bond acceptors (Lipinski definition) is 1. The van der Waals surface area contributed by atoms with Crippen molar-refractivity contribution in [3.05, 3.63) is 12.7 Å². The second-order valence-corrected chi connectivity index (χ2v) is 2.62. The average molecular weight is 213 g/mol. The van der Waals surface area contributed by atoms with Gasteiger partial charge in [-0.05, 0) is 13.0 Å². The topological polar surface area (TPSA) is 20.3 Å². The van der Waals surface area contributed by atoms with E-state index in [1.165, 1.54) is 6.92 Å². The zero-order valence-electron chi connectivity index (χ0n) is 7.64. The third kappa shape index (κ3) is 3.35. The van der Waals surface area contributed by atoms with Crippen LogP contribution in [0.4, 0.5) is 17.6 Å². The fourth-order valence-electron chi connectivity index (χ4n) is 0.798. The van der Waals surface area contributed by atoms with Gasteiger partial charge in [-0.25, -0.2) is 8.78 Å². The Balaban J connectivity index is 4.45. The minimum atomic E-state index is -4.17. The summed E-state index contributed by atoms with van der Waals surface area (Å²) < 4.78 is 48.5. The highest BCUT2D eigenvalue weighted by Crippen LogP contribution is 2.23. The van der Waals surface area contributed by atoms with E-state index in [4.69, 9.17) is 0 Å². The van der Waals surface area contributed by atoms with Crippen molar-refractivity contribution in [2.45, 2.75) is 19.3 Å². The molecule has 82 valence electrons. The molecule has 0 heterocycles. The van der Waals surface area contributed by atoms with Crippen molar-refractivity contribution in [1.29, 1.82) is 0 Å². The number of carbonyl (C=O) groups excluding carboxylic acids is 1. The van der Waals surface area contributed by atoms with Gasteiger partial charge in [-0.1, -0.05) is 6.58 Å². The number of rotatable bonds is 5. The van der Waals surface area contributed by atoms with E-state index in [1.54, 1.807) is 0 Å². The van der Waals surface area contributed by atoms with Crippen molar-refractivity contribution in [2.24, 2.45) is 0 Å². The minimum Gasteiger partial charge on any atom is -0.333 e. The molecule has 0 unspecified atom stereocenters. The van der Waals surface area contributed by atoms with Crippen LogP contribution in [0.1, 0.15) is 6.92 Å². The van der Waals surface area contributed by atoms with Crippen LogP contribution in [0, 0.1) is 0 Å². The summed E-state index contributed by atoms with van der Waals surface area (Å²) in [4.78, 5) is 11.5. The Hall–Kier alpha value is -1.07. The Bertz CT molecular complexity index is 217. The van der Waals surface area contributed by atoms with Gasteiger partial charge in [0.25, 0.3) is 0 Å². The van der Waals surface area contributed by atoms with E-state index < -0.39 is 24.8 Å². The van der Waals surface area contributed by atoms with Crippen LogP contribution in [0.25, 0.3) is 0 Å². The summed E-state index contributed by atoms with van der Waals surface area (Å²) in [6, 6.07) is 0. The van der Waals surface area contributed by atoms with Crippen molar-refractivity contribution in [3.63, 3.8) is 0 Å². The SMILES string of the molecule is C=CC(=O)N(CC)CC(F)(F)C(F)F. The van der Waals surface area contributed by atoms with Crippen LogP contribution in [0.3, 0.4) is 0 Å². The van der Waals surface area contributed by atoms with Crippen LogP contribution in [-0.4, -0.2) is 36.2 Å². The molecular weight excluding hydrogens is 202 g/mol. The third-order valence-corrected chi connectivity index (χ3v) is 1.59. The fraction of sp³-hybridized carbons (Fsp3) is 0.625. The van der Waals surface area contributed by atoms with Crippen molar-refractivity contribution >= 4 is 5.91 Å². The average Bonchev–Trinajstić information content (AvgIpc) is 2.12. The van der Waals surface area contributed by atoms with E-state index in [-0.39, 0.29) is 6.54 Å². The fourth-order valence-corrected chi connectivity index (χ4v) is 0.798. The molecule has 0 radical (unpaired) electrons. The minimum absolute atomic E-state index is 0.0623. The standard InChI is InChI=1S/C8H11F4NO/c1-3-6(14)13(4-2)5-8(11,12)7(9)10/h3,7H,1,4-5H2,2H3. The Morgan fingerprint density at radius 1 is 1.57 bits per heavy atom. The Morgan fingerprint density at radius 3 is 2.36 bits per heavy atom. The Labute approximate surface area is 79.2 Å². The number of nitrogens with zero attached hydrogens (tertiary/aromatic N) is 1. The molecule has 0 aliphatic heterocycles. The van der Waals surface area contributed by atoms with Crippen molar-refractivity contribution in [2.75, 3.05) is 13.1 Å². The van der Waals surface area contributed by atoms with Crippen molar-refractivity contribution < 1.29 is 22.4 Å². The van der Waals surface area contributed by atoms with Crippen LogP contribution in [0.15, 0.2) is 12.7 Å². The molecule has 0 aromatic heterocycles. The molecule has 0 aromatic carbocycles. The summed E-state index contributed by atoms with van der Waals surface area (Å²) in [5.41, 5.74) is 0. The predicted molar refractivity (Wildman–Crippen MR) is 43.4 cm³/mol. The molecule has 0 rings (SSSR count). The zero-order chi connectivity index (χ0) is 11.4. The van der Waals surface area contributed by atoms with E-state index in [0.717, 1.165) is 6.08 Å². The summed E-state index contributed by atoms with van der Waals surface area (Å²) in [5, 5.41) is 0. The molecule has 6 heteroatoms. The lowest BCUT2D eigenvalue weighted by atomic mass is 10.3. The second-order valence-electron chi connectivity index (χ2n) is 2.62. The van der Waals surface area contributed by atoms with Gasteiger partial charge < -0.3 is 4.90 Å². The largest absolute Gasteiger partial charge is 0.333 e. The lowest BCUT2D eigenvalue weighted by molar-refractivity contribution is -0.153. The van der Waals surface area contributed by atoms with Gasteiger partial charge in [0.15, 0.2) is 0 Å². The van der Waals surface area contributed by atoms with Gasteiger partial charge in [0, 0.05) is 6.54 Å². The Morgan fingerprint density at radius 2 is 2.07 bits per heavy atom. The predicted octanol–water partition coefficient (Wildman–Crippen LogP) is 1.92. The Kier molecular flexibility index (Phi) is 4.59. The van der Waals surface area contributed by atoms with Gasteiger partial charge in [0.1, 0.15) is 0 Å². The molecule has 0 saturated carbocycles. The summed E-state index contributed by atoms with van der Waals surface area (Å²) in [7, 11) is 0. The van der Waals surface area contributed by atoms with Gasteiger partial charge in [-0.2, -0.15) is 8.78 Å². The number of halogens is 4. The van der Waals surface area contributed by atoms with Crippen LogP contribution >= 0.6 is 0 Å². The molecule has 0 saturated heterocycles. The molecule has 0 spiro atoms. The van der Waals surface area contributed by atoms with Gasteiger partial charge in [0.2, 0.25) is 5.91 Å². The lowest BCUT2D eigenvalue weighted by Gasteiger charge is -2.24. The molecular formula is C8H11F4NO. The van der Waals surface area contributed by atoms with Crippen LogP contribution < -0.4 is 0 Å². The van der Waals surface area contributed by atoms with E-state index >= 15 is 0 Å². The smallest absolute Gasteiger partial charge is 0.324 e. The molecule has 0 aromatic rings. The molecule has 0 bridgehead atoms. The van der Waals surface area contributed by atoms with Crippen LogP contribution in [0.5, 0.6) is 0 Å². The number of likely N-dealkylation sites (N-methyl/N-ethyl adjacent to an activating group) is 1. The number of alkyl halides is 4. The maximum Gasteiger partial charge on any atom is 0.324 e. The molecule has 0 aliphatic carbocycles. The normalized spacial score (nSPS) is 11.6. The quantitative estimate of drug-likeness (QED) is 0.504. The molecule has 0 aliphatic rings. The summed E-state index contributed by atoms with van der Waals surface area (Å²) in [6.07, 6.45) is -2.96. The summed E-state index contributed by atoms with van der Waals surface area (Å²) >= 11 is 0. The highest BCUT2D eigenvalue weighted by molar-refractivity contribution is 5.87. The maximum absolute atomic E-state index is 12.5. The first-order valence-electron chi connectivity index (χ1n) is 3.92. The number of hydrogen-bond donors (Lipinski definition) is 0. The second kappa shape index (κ2) is 4.97.